The molecule has 3 aromatic rings. The van der Waals surface area contributed by atoms with Crippen LogP contribution in [0.15, 0.2) is 36.5 Å². The molecule has 2 aromatic heterocycles. The van der Waals surface area contributed by atoms with Gasteiger partial charge < -0.3 is 29.3 Å². The van der Waals surface area contributed by atoms with Crippen molar-refractivity contribution in [2.75, 3.05) is 72.0 Å². The van der Waals surface area contributed by atoms with Gasteiger partial charge in [0.25, 0.3) is 5.91 Å². The maximum absolute atomic E-state index is 13.3. The van der Waals surface area contributed by atoms with E-state index >= 15 is 0 Å². The second kappa shape index (κ2) is 14.6. The van der Waals surface area contributed by atoms with Crippen LogP contribution in [0.2, 0.25) is 0 Å². The van der Waals surface area contributed by atoms with Gasteiger partial charge in [-0.1, -0.05) is 13.0 Å². The fourth-order valence-corrected chi connectivity index (χ4v) is 6.26. The predicted molar refractivity (Wildman–Crippen MR) is 170 cm³/mol. The molecular weight excluding hydrogens is 560 g/mol. The molecule has 1 N–H and O–H groups in total. The number of aromatic nitrogens is 2. The molecule has 4 heterocycles. The third kappa shape index (κ3) is 6.99. The number of nitrogens with zero attached hydrogens (tertiary/aromatic N) is 5. The predicted octanol–water partition coefficient (Wildman–Crippen LogP) is 3.75. The van der Waals surface area contributed by atoms with Crippen molar-refractivity contribution in [3.8, 4) is 17.2 Å². The minimum absolute atomic E-state index is 0.0207. The molecule has 11 nitrogen and oxygen atoms in total. The molecule has 0 aliphatic carbocycles. The molecule has 2 bridgehead atoms. The quantitative estimate of drug-likeness (QED) is 0.466. The Morgan fingerprint density at radius 2 is 1.82 bits per heavy atom. The summed E-state index contributed by atoms with van der Waals surface area (Å²) in [5.74, 6) is 2.57. The van der Waals surface area contributed by atoms with Crippen LogP contribution < -0.4 is 24.4 Å². The van der Waals surface area contributed by atoms with Gasteiger partial charge in [0.2, 0.25) is 11.7 Å². The zero-order chi connectivity index (χ0) is 31.1. The summed E-state index contributed by atoms with van der Waals surface area (Å²) in [4.78, 5) is 42.2. The summed E-state index contributed by atoms with van der Waals surface area (Å²) in [6.45, 7) is 7.31. The van der Waals surface area contributed by atoms with Crippen LogP contribution in [0.1, 0.15) is 48.7 Å². The molecule has 1 unspecified atom stereocenters. The Labute approximate surface area is 259 Å². The number of pyridine rings is 2. The first-order valence-electron chi connectivity index (χ1n) is 15.5. The molecule has 2 aliphatic heterocycles. The Morgan fingerprint density at radius 3 is 2.55 bits per heavy atom. The highest BCUT2D eigenvalue weighted by Crippen LogP contribution is 2.44. The van der Waals surface area contributed by atoms with Gasteiger partial charge in [-0.05, 0) is 62.9 Å². The lowest BCUT2D eigenvalue weighted by molar-refractivity contribution is -0.122. The van der Waals surface area contributed by atoms with E-state index in [2.05, 4.69) is 33.1 Å². The average molecular weight is 605 g/mol. The van der Waals surface area contributed by atoms with E-state index in [4.69, 9.17) is 19.2 Å². The largest absolute Gasteiger partial charge is 0.493 e. The number of nitrogens with one attached hydrogen (secondary N) is 1. The number of anilines is 1. The molecule has 2 aliphatic rings. The summed E-state index contributed by atoms with van der Waals surface area (Å²) >= 11 is 0. The number of rotatable bonds is 5. The van der Waals surface area contributed by atoms with Crippen molar-refractivity contribution in [3.05, 3.63) is 47.8 Å². The second-order valence-corrected chi connectivity index (χ2v) is 11.5. The lowest BCUT2D eigenvalue weighted by Gasteiger charge is -2.36. The van der Waals surface area contributed by atoms with E-state index < -0.39 is 0 Å². The number of piperidine rings is 1. The van der Waals surface area contributed by atoms with E-state index in [-0.39, 0.29) is 24.3 Å². The van der Waals surface area contributed by atoms with Gasteiger partial charge in [-0.2, -0.15) is 0 Å². The smallest absolute Gasteiger partial charge is 0.272 e. The molecule has 0 spiro atoms. The van der Waals surface area contributed by atoms with Crippen LogP contribution in [-0.2, 0) is 11.3 Å². The fourth-order valence-electron chi connectivity index (χ4n) is 6.26. The fraction of sp³-hybridized carbons (Fsp3) is 0.515. The molecule has 5 rings (SSSR count). The molecular formula is C33H44N6O5. The summed E-state index contributed by atoms with van der Waals surface area (Å²) in [5, 5.41) is 3.99. The zero-order valence-electron chi connectivity index (χ0n) is 26.3. The van der Waals surface area contributed by atoms with Gasteiger partial charge in [0.15, 0.2) is 11.5 Å². The highest BCUT2D eigenvalue weighted by molar-refractivity contribution is 5.95. The van der Waals surface area contributed by atoms with E-state index in [9.17, 15) is 9.59 Å². The Hall–Kier alpha value is -4.12. The van der Waals surface area contributed by atoms with Crippen LogP contribution in [0.25, 0.3) is 10.9 Å². The number of carbonyl (C=O) groups is 2. The first kappa shape index (κ1) is 31.3. The van der Waals surface area contributed by atoms with Crippen molar-refractivity contribution in [1.29, 1.82) is 0 Å². The minimum Gasteiger partial charge on any atom is -0.493 e. The number of carbonyl (C=O) groups excluding carboxylic acids is 2. The summed E-state index contributed by atoms with van der Waals surface area (Å²) in [6.07, 6.45) is 5.26. The molecule has 1 fully saturated rings. The van der Waals surface area contributed by atoms with E-state index in [0.29, 0.717) is 36.0 Å². The standard InChI is InChI=1S/C33H44N6O5/c1-5-37-14-8-9-15-39(33(41)26-12-6-7-13-34-26)22-29(40)35-19-23-11-10-16-38(20-23)32-24(21-37)17-25-27(36-32)18-28(42-2)31(44-4)30(25)43-3/h6-7,12-13,17-18,23H,5,8-11,14-16,19-22H2,1-4H3,(H,35,40). The number of fused-ring (bicyclic) bond motifs is 5. The Kier molecular flexibility index (Phi) is 10.4. The van der Waals surface area contributed by atoms with E-state index in [1.165, 1.54) is 0 Å². The number of hydrogen-bond donors (Lipinski definition) is 1. The molecule has 44 heavy (non-hydrogen) atoms. The molecule has 0 radical (unpaired) electrons. The van der Waals surface area contributed by atoms with Gasteiger partial charge in [0.05, 0.1) is 33.4 Å². The molecule has 2 amide bonds. The molecule has 1 saturated heterocycles. The summed E-state index contributed by atoms with van der Waals surface area (Å²) in [7, 11) is 4.86. The van der Waals surface area contributed by atoms with Crippen LogP contribution in [0.5, 0.6) is 17.2 Å². The number of methoxy groups -OCH3 is 3. The summed E-state index contributed by atoms with van der Waals surface area (Å²) in [5.41, 5.74) is 2.26. The molecule has 1 aromatic carbocycles. The maximum Gasteiger partial charge on any atom is 0.272 e. The van der Waals surface area contributed by atoms with Gasteiger partial charge in [-0.3, -0.25) is 19.5 Å². The van der Waals surface area contributed by atoms with Crippen molar-refractivity contribution >= 4 is 28.5 Å². The third-order valence-electron chi connectivity index (χ3n) is 8.58. The van der Waals surface area contributed by atoms with Gasteiger partial charge in [0.1, 0.15) is 11.5 Å². The second-order valence-electron chi connectivity index (χ2n) is 11.5. The summed E-state index contributed by atoms with van der Waals surface area (Å²) < 4.78 is 17.1. The maximum atomic E-state index is 13.3. The minimum atomic E-state index is -0.217. The Bertz CT molecular complexity index is 1450. The van der Waals surface area contributed by atoms with Gasteiger partial charge in [-0.25, -0.2) is 4.98 Å². The Balaban J connectivity index is 1.48. The van der Waals surface area contributed by atoms with Gasteiger partial charge in [0, 0.05) is 55.9 Å². The average Bonchev–Trinajstić information content (AvgIpc) is 3.06. The SMILES string of the molecule is CCN1CCCCN(C(=O)c2ccccn2)CC(=O)NCC2CCCN(C2)c2nc3cc(OC)c(OC)c(OC)c3cc2C1. The monoisotopic (exact) mass is 604 g/mol. The van der Waals surface area contributed by atoms with Crippen LogP contribution in [-0.4, -0.2) is 98.7 Å². The van der Waals surface area contributed by atoms with Crippen LogP contribution in [0, 0.1) is 5.92 Å². The van der Waals surface area contributed by atoms with Crippen molar-refractivity contribution < 1.29 is 23.8 Å². The molecule has 236 valence electrons. The lowest BCUT2D eigenvalue weighted by Crippen LogP contribution is -2.45. The van der Waals surface area contributed by atoms with Gasteiger partial charge in [-0.15, -0.1) is 0 Å². The third-order valence-corrected chi connectivity index (χ3v) is 8.58. The Morgan fingerprint density at radius 1 is 1.00 bits per heavy atom. The summed E-state index contributed by atoms with van der Waals surface area (Å²) in [6, 6.07) is 9.37. The highest BCUT2D eigenvalue weighted by Gasteiger charge is 2.27. The number of benzene rings is 1. The van der Waals surface area contributed by atoms with Crippen molar-refractivity contribution in [2.45, 2.75) is 39.2 Å². The van der Waals surface area contributed by atoms with Crippen molar-refractivity contribution in [2.24, 2.45) is 5.92 Å². The highest BCUT2D eigenvalue weighted by atomic mass is 16.5. The first-order valence-corrected chi connectivity index (χ1v) is 15.5. The molecule has 0 saturated carbocycles. The number of ether oxygens (including phenoxy) is 3. The van der Waals surface area contributed by atoms with Crippen LogP contribution in [0.4, 0.5) is 5.82 Å². The van der Waals surface area contributed by atoms with E-state index in [1.54, 1.807) is 50.6 Å². The van der Waals surface area contributed by atoms with Crippen molar-refractivity contribution in [1.82, 2.24) is 25.1 Å². The topological polar surface area (TPSA) is 109 Å². The lowest BCUT2D eigenvalue weighted by atomic mass is 9.97. The van der Waals surface area contributed by atoms with Crippen LogP contribution >= 0.6 is 0 Å². The van der Waals surface area contributed by atoms with Crippen LogP contribution in [0.3, 0.4) is 0 Å². The normalized spacial score (nSPS) is 18.8. The molecule has 11 heteroatoms. The number of amides is 2. The number of hydrogen-bond acceptors (Lipinski definition) is 9. The van der Waals surface area contributed by atoms with Crippen molar-refractivity contribution in [3.63, 3.8) is 0 Å². The molecule has 1 atom stereocenters. The van der Waals surface area contributed by atoms with E-state index in [1.807, 2.05) is 6.07 Å². The van der Waals surface area contributed by atoms with E-state index in [0.717, 1.165) is 80.7 Å². The zero-order valence-corrected chi connectivity index (χ0v) is 26.3. The van der Waals surface area contributed by atoms with Gasteiger partial charge >= 0.3 is 0 Å². The first-order chi connectivity index (χ1) is 21.4.